The highest BCUT2D eigenvalue weighted by Gasteiger charge is 2.22. The molecule has 0 bridgehead atoms. The lowest BCUT2D eigenvalue weighted by molar-refractivity contribution is 0.340. The number of halogens is 1. The van der Waals surface area contributed by atoms with Gasteiger partial charge in [-0.3, -0.25) is 0 Å². The van der Waals surface area contributed by atoms with E-state index in [1.165, 1.54) is 17.5 Å². The molecule has 0 saturated carbocycles. The molecule has 2 rings (SSSR count). The van der Waals surface area contributed by atoms with Gasteiger partial charge < -0.3 is 9.47 Å². The molecule has 0 aromatic heterocycles. The summed E-state index contributed by atoms with van der Waals surface area (Å²) >= 11 is 3.32. The Hall–Kier alpha value is -1.57. The fraction of sp³-hybridized carbons (Fsp3) is 0.294. The average molecular weight is 414 g/mol. The molecule has 0 spiro atoms. The summed E-state index contributed by atoms with van der Waals surface area (Å²) in [5.41, 5.74) is 0.886. The van der Waals surface area contributed by atoms with Gasteiger partial charge in [-0.1, -0.05) is 12.1 Å². The first kappa shape index (κ1) is 18.8. The highest BCUT2D eigenvalue weighted by Crippen LogP contribution is 2.29. The molecule has 5 nitrogen and oxygen atoms in total. The number of benzene rings is 2. The van der Waals surface area contributed by atoms with Gasteiger partial charge in [0.25, 0.3) is 0 Å². The Balaban J connectivity index is 2.18. The van der Waals surface area contributed by atoms with Crippen LogP contribution in [0.3, 0.4) is 0 Å². The second-order valence-corrected chi connectivity index (χ2v) is 8.03. The van der Waals surface area contributed by atoms with Crippen LogP contribution in [0.4, 0.5) is 0 Å². The normalized spacial score (nSPS) is 11.5. The zero-order chi connectivity index (χ0) is 17.7. The zero-order valence-corrected chi connectivity index (χ0v) is 16.2. The van der Waals surface area contributed by atoms with E-state index in [1.54, 1.807) is 19.2 Å². The van der Waals surface area contributed by atoms with Crippen LogP contribution in [0.5, 0.6) is 11.5 Å². The van der Waals surface area contributed by atoms with Gasteiger partial charge >= 0.3 is 0 Å². The van der Waals surface area contributed by atoms with E-state index in [0.29, 0.717) is 16.8 Å². The van der Waals surface area contributed by atoms with Crippen molar-refractivity contribution in [1.82, 2.24) is 4.31 Å². The number of nitrogens with zero attached hydrogens (tertiary/aromatic N) is 1. The smallest absolute Gasteiger partial charge is 0.243 e. The molecule has 0 aliphatic carbocycles. The van der Waals surface area contributed by atoms with E-state index in [0.717, 1.165) is 11.3 Å². The van der Waals surface area contributed by atoms with Gasteiger partial charge in [-0.05, 0) is 58.7 Å². The fourth-order valence-electron chi connectivity index (χ4n) is 2.19. The van der Waals surface area contributed by atoms with E-state index in [-0.39, 0.29) is 11.4 Å². The quantitative estimate of drug-likeness (QED) is 0.694. The van der Waals surface area contributed by atoms with Crippen LogP contribution >= 0.6 is 15.9 Å². The summed E-state index contributed by atoms with van der Waals surface area (Å²) in [5, 5.41) is 0. The zero-order valence-electron chi connectivity index (χ0n) is 13.8. The summed E-state index contributed by atoms with van der Waals surface area (Å²) in [5.74, 6) is 1.36. The number of hydrogen-bond donors (Lipinski definition) is 0. The summed E-state index contributed by atoms with van der Waals surface area (Å²) in [4.78, 5) is 0.212. The molecule has 2 aromatic carbocycles. The van der Waals surface area contributed by atoms with Gasteiger partial charge in [-0.15, -0.1) is 0 Å². The van der Waals surface area contributed by atoms with Crippen LogP contribution < -0.4 is 9.47 Å². The first-order valence-corrected chi connectivity index (χ1v) is 9.63. The predicted molar refractivity (Wildman–Crippen MR) is 97.0 cm³/mol. The van der Waals surface area contributed by atoms with E-state index < -0.39 is 10.0 Å². The van der Waals surface area contributed by atoms with Gasteiger partial charge in [0.05, 0.1) is 23.1 Å². The Morgan fingerprint density at radius 2 is 1.79 bits per heavy atom. The van der Waals surface area contributed by atoms with Crippen molar-refractivity contribution in [2.45, 2.75) is 18.4 Å². The molecule has 0 radical (unpaired) electrons. The second kappa shape index (κ2) is 8.00. The molecule has 0 saturated heterocycles. The van der Waals surface area contributed by atoms with Gasteiger partial charge in [-0.25, -0.2) is 8.42 Å². The maximum absolute atomic E-state index is 12.7. The van der Waals surface area contributed by atoms with Crippen LogP contribution in [0.15, 0.2) is 51.8 Å². The molecule has 0 amide bonds. The van der Waals surface area contributed by atoms with E-state index in [4.69, 9.17) is 9.47 Å². The molecule has 0 aliphatic heterocycles. The SMILES string of the molecule is CCOc1ccc(CN(C)S(=O)(=O)c2ccc(OC)c(Br)c2)cc1. The summed E-state index contributed by atoms with van der Waals surface area (Å²) in [7, 11) is -0.495. The van der Waals surface area contributed by atoms with E-state index in [2.05, 4.69) is 15.9 Å². The Morgan fingerprint density at radius 1 is 1.12 bits per heavy atom. The Morgan fingerprint density at radius 3 is 2.33 bits per heavy atom. The van der Waals surface area contributed by atoms with Gasteiger partial charge in [0, 0.05) is 13.6 Å². The fourth-order valence-corrected chi connectivity index (χ4v) is 4.07. The van der Waals surface area contributed by atoms with Crippen LogP contribution in [0.2, 0.25) is 0 Å². The average Bonchev–Trinajstić information content (AvgIpc) is 2.56. The molecule has 0 aliphatic rings. The van der Waals surface area contributed by atoms with Gasteiger partial charge in [0.1, 0.15) is 11.5 Å². The highest BCUT2D eigenvalue weighted by molar-refractivity contribution is 9.10. The summed E-state index contributed by atoms with van der Waals surface area (Å²) in [6.07, 6.45) is 0. The van der Waals surface area contributed by atoms with Gasteiger partial charge in [0.15, 0.2) is 0 Å². The van der Waals surface area contributed by atoms with Crippen LogP contribution in [-0.4, -0.2) is 33.5 Å². The van der Waals surface area contributed by atoms with Crippen molar-refractivity contribution >= 4 is 26.0 Å². The third kappa shape index (κ3) is 4.28. The third-order valence-electron chi connectivity index (χ3n) is 3.47. The third-order valence-corrected chi connectivity index (χ3v) is 5.89. The summed E-state index contributed by atoms with van der Waals surface area (Å²) in [6.45, 7) is 2.79. The molecule has 0 fully saturated rings. The largest absolute Gasteiger partial charge is 0.496 e. The van der Waals surface area contributed by atoms with E-state index in [9.17, 15) is 8.42 Å². The lowest BCUT2D eigenvalue weighted by Gasteiger charge is -2.18. The van der Waals surface area contributed by atoms with Crippen molar-refractivity contribution in [1.29, 1.82) is 0 Å². The first-order valence-electron chi connectivity index (χ1n) is 7.40. The van der Waals surface area contributed by atoms with Crippen LogP contribution in [0.25, 0.3) is 0 Å². The lowest BCUT2D eigenvalue weighted by atomic mass is 10.2. The van der Waals surface area contributed by atoms with Crippen LogP contribution in [0, 0.1) is 0 Å². The number of sulfonamides is 1. The summed E-state index contributed by atoms with van der Waals surface area (Å²) in [6, 6.07) is 12.1. The molecule has 130 valence electrons. The second-order valence-electron chi connectivity index (χ2n) is 5.13. The minimum atomic E-state index is -3.59. The molecular formula is C17H20BrNO4S. The Bertz CT molecular complexity index is 791. The molecule has 2 aromatic rings. The molecular weight excluding hydrogens is 394 g/mol. The van der Waals surface area contributed by atoms with E-state index >= 15 is 0 Å². The standard InChI is InChI=1S/C17H20BrNO4S/c1-4-23-14-7-5-13(6-8-14)12-19(2)24(20,21)15-9-10-17(22-3)16(18)11-15/h5-11H,4,12H2,1-3H3. The van der Waals surface area contributed by atoms with Crippen LogP contribution in [0.1, 0.15) is 12.5 Å². The topological polar surface area (TPSA) is 55.8 Å². The lowest BCUT2D eigenvalue weighted by Crippen LogP contribution is -2.26. The highest BCUT2D eigenvalue weighted by atomic mass is 79.9. The number of rotatable bonds is 7. The summed E-state index contributed by atoms with van der Waals surface area (Å²) < 4.78 is 37.8. The van der Waals surface area contributed by atoms with Crippen molar-refractivity contribution in [3.63, 3.8) is 0 Å². The molecule has 0 N–H and O–H groups in total. The maximum Gasteiger partial charge on any atom is 0.243 e. The number of ether oxygens (including phenoxy) is 2. The molecule has 7 heteroatoms. The van der Waals surface area contributed by atoms with Crippen molar-refractivity contribution in [3.8, 4) is 11.5 Å². The first-order chi connectivity index (χ1) is 11.4. The van der Waals surface area contributed by atoms with Gasteiger partial charge in [-0.2, -0.15) is 4.31 Å². The molecule has 0 atom stereocenters. The monoisotopic (exact) mass is 413 g/mol. The van der Waals surface area contributed by atoms with Crippen LogP contribution in [-0.2, 0) is 16.6 Å². The molecule has 0 unspecified atom stereocenters. The molecule has 0 heterocycles. The Labute approximate surface area is 151 Å². The van der Waals surface area contributed by atoms with Crippen molar-refractivity contribution in [2.75, 3.05) is 20.8 Å². The minimum Gasteiger partial charge on any atom is -0.496 e. The predicted octanol–water partition coefficient (Wildman–Crippen LogP) is 3.68. The maximum atomic E-state index is 12.7. The van der Waals surface area contributed by atoms with Crippen molar-refractivity contribution in [2.24, 2.45) is 0 Å². The minimum absolute atomic E-state index is 0.212. The number of hydrogen-bond acceptors (Lipinski definition) is 4. The van der Waals surface area contributed by atoms with E-state index in [1.807, 2.05) is 31.2 Å². The van der Waals surface area contributed by atoms with Gasteiger partial charge in [0.2, 0.25) is 10.0 Å². The van der Waals surface area contributed by atoms with Crippen molar-refractivity contribution in [3.05, 3.63) is 52.5 Å². The van der Waals surface area contributed by atoms with Crippen molar-refractivity contribution < 1.29 is 17.9 Å². The molecule has 24 heavy (non-hydrogen) atoms. The Kier molecular flexibility index (Phi) is 6.26. The number of methoxy groups -OCH3 is 1.